The van der Waals surface area contributed by atoms with Crippen LogP contribution in [-0.2, 0) is 15.5 Å². The van der Waals surface area contributed by atoms with Gasteiger partial charge in [-0.1, -0.05) is 69.2 Å². The van der Waals surface area contributed by atoms with Crippen molar-refractivity contribution in [3.8, 4) is 0 Å². The van der Waals surface area contributed by atoms with Crippen LogP contribution in [0.15, 0.2) is 42.5 Å². The van der Waals surface area contributed by atoms with Crippen molar-refractivity contribution in [3.63, 3.8) is 0 Å². The molecule has 1 fully saturated rings. The third-order valence-electron chi connectivity index (χ3n) is 6.19. The second-order valence-corrected chi connectivity index (χ2v) is 8.90. The van der Waals surface area contributed by atoms with Crippen LogP contribution in [0.5, 0.6) is 0 Å². The molecule has 0 radical (unpaired) electrons. The first-order chi connectivity index (χ1) is 15.1. The number of carboxylic acids is 1. The molecule has 3 atom stereocenters. The maximum absolute atomic E-state index is 14.5. The fourth-order valence-corrected chi connectivity index (χ4v) is 4.19. The SMILES string of the molecule is CC(C)C(CCCCCN1C(=O)CCC[C@@H]1/C=C/[C@@H](O)C(F)(F)c1ccccc1)C(=O)O. The number of carbonyl (C=O) groups is 2. The minimum atomic E-state index is -3.42. The molecule has 0 saturated carbocycles. The Labute approximate surface area is 189 Å². The molecule has 178 valence electrons. The highest BCUT2D eigenvalue weighted by molar-refractivity contribution is 5.77. The molecule has 1 aliphatic rings. The van der Waals surface area contributed by atoms with E-state index in [-0.39, 0.29) is 29.3 Å². The average molecular weight is 452 g/mol. The minimum absolute atomic E-state index is 0.0131. The Kier molecular flexibility index (Phi) is 9.82. The summed E-state index contributed by atoms with van der Waals surface area (Å²) in [5, 5.41) is 19.4. The molecule has 1 heterocycles. The molecule has 0 aliphatic carbocycles. The van der Waals surface area contributed by atoms with Crippen LogP contribution in [0.25, 0.3) is 0 Å². The van der Waals surface area contributed by atoms with E-state index in [0.29, 0.717) is 32.2 Å². The molecule has 7 heteroatoms. The minimum Gasteiger partial charge on any atom is -0.481 e. The fourth-order valence-electron chi connectivity index (χ4n) is 4.19. The normalized spacial score (nSPS) is 19.5. The average Bonchev–Trinajstić information content (AvgIpc) is 2.75. The lowest BCUT2D eigenvalue weighted by Gasteiger charge is -2.34. The molecule has 2 N–H and O–H groups in total. The van der Waals surface area contributed by atoms with Gasteiger partial charge in [0.05, 0.1) is 12.0 Å². The second kappa shape index (κ2) is 12.1. The Morgan fingerprint density at radius 2 is 1.91 bits per heavy atom. The van der Waals surface area contributed by atoms with Gasteiger partial charge in [0.1, 0.15) is 6.10 Å². The number of hydrogen-bond donors (Lipinski definition) is 2. The Bertz CT molecular complexity index is 766. The Morgan fingerprint density at radius 3 is 2.53 bits per heavy atom. The summed E-state index contributed by atoms with van der Waals surface area (Å²) in [6.07, 6.45) is 5.32. The van der Waals surface area contributed by atoms with E-state index in [1.807, 2.05) is 13.8 Å². The van der Waals surface area contributed by atoms with Crippen LogP contribution >= 0.6 is 0 Å². The van der Waals surface area contributed by atoms with Gasteiger partial charge in [-0.15, -0.1) is 0 Å². The molecule has 1 saturated heterocycles. The van der Waals surface area contributed by atoms with Gasteiger partial charge in [-0.25, -0.2) is 0 Å². The van der Waals surface area contributed by atoms with Gasteiger partial charge in [-0.05, 0) is 31.6 Å². The highest BCUT2D eigenvalue weighted by Crippen LogP contribution is 2.32. The first-order valence-electron chi connectivity index (χ1n) is 11.5. The van der Waals surface area contributed by atoms with E-state index in [1.54, 1.807) is 11.0 Å². The van der Waals surface area contributed by atoms with Gasteiger partial charge >= 0.3 is 11.9 Å². The number of aliphatic hydroxyl groups is 1. The summed E-state index contributed by atoms with van der Waals surface area (Å²) in [6.45, 7) is 4.30. The zero-order valence-corrected chi connectivity index (χ0v) is 18.9. The van der Waals surface area contributed by atoms with E-state index in [0.717, 1.165) is 25.3 Å². The fraction of sp³-hybridized carbons (Fsp3) is 0.600. The van der Waals surface area contributed by atoms with Gasteiger partial charge in [0, 0.05) is 18.5 Å². The lowest BCUT2D eigenvalue weighted by atomic mass is 9.90. The molecular formula is C25H35F2NO4. The standard InChI is InChI=1S/C25H35F2NO4/c1-18(2)21(24(31)32)13-7-4-8-17-28-20(12-9-14-23(28)30)15-16-22(29)25(26,27)19-10-5-3-6-11-19/h3,5-6,10-11,15-16,18,20-22,29H,4,7-9,12-14,17H2,1-2H3,(H,31,32)/b16-15+/t20-,21?,22-/m1/s1. The van der Waals surface area contributed by atoms with Crippen molar-refractivity contribution in [1.82, 2.24) is 4.90 Å². The van der Waals surface area contributed by atoms with Crippen LogP contribution in [0.4, 0.5) is 8.78 Å². The maximum atomic E-state index is 14.5. The topological polar surface area (TPSA) is 77.8 Å². The van der Waals surface area contributed by atoms with Crippen LogP contribution < -0.4 is 0 Å². The van der Waals surface area contributed by atoms with E-state index in [2.05, 4.69) is 0 Å². The van der Waals surface area contributed by atoms with Crippen molar-refractivity contribution in [3.05, 3.63) is 48.0 Å². The molecule has 0 spiro atoms. The van der Waals surface area contributed by atoms with Gasteiger partial charge < -0.3 is 15.1 Å². The molecule has 0 aromatic heterocycles. The zero-order valence-electron chi connectivity index (χ0n) is 18.9. The van der Waals surface area contributed by atoms with Crippen molar-refractivity contribution >= 4 is 11.9 Å². The number of rotatable bonds is 12. The van der Waals surface area contributed by atoms with Crippen molar-refractivity contribution in [2.24, 2.45) is 11.8 Å². The number of halogens is 2. The Morgan fingerprint density at radius 1 is 1.22 bits per heavy atom. The predicted octanol–water partition coefficient (Wildman–Crippen LogP) is 4.99. The van der Waals surface area contributed by atoms with Crippen molar-refractivity contribution in [2.45, 2.75) is 76.9 Å². The van der Waals surface area contributed by atoms with Crippen LogP contribution in [0, 0.1) is 11.8 Å². The molecule has 1 aromatic rings. The number of alkyl halides is 2. The number of aliphatic hydroxyl groups excluding tert-OH is 1. The number of aliphatic carboxylic acids is 1. The van der Waals surface area contributed by atoms with Crippen molar-refractivity contribution in [1.29, 1.82) is 0 Å². The number of amides is 1. The summed E-state index contributed by atoms with van der Waals surface area (Å²) in [5.41, 5.74) is -0.255. The zero-order chi connectivity index (χ0) is 23.7. The van der Waals surface area contributed by atoms with Gasteiger partial charge in [0.2, 0.25) is 5.91 Å². The Balaban J connectivity index is 1.91. The number of likely N-dealkylation sites (tertiary alicyclic amines) is 1. The quantitative estimate of drug-likeness (QED) is 0.347. The summed E-state index contributed by atoms with van der Waals surface area (Å²) in [7, 11) is 0. The first kappa shape index (κ1) is 26.0. The monoisotopic (exact) mass is 451 g/mol. The van der Waals surface area contributed by atoms with Gasteiger partial charge in [-0.3, -0.25) is 9.59 Å². The molecular weight excluding hydrogens is 416 g/mol. The van der Waals surface area contributed by atoms with Gasteiger partial charge in [0.25, 0.3) is 0 Å². The van der Waals surface area contributed by atoms with Gasteiger partial charge in [0.15, 0.2) is 0 Å². The number of unbranched alkanes of at least 4 members (excludes halogenated alkanes) is 2. The summed E-state index contributed by atoms with van der Waals surface area (Å²) >= 11 is 0. The molecule has 2 rings (SSSR count). The first-order valence-corrected chi connectivity index (χ1v) is 11.5. The lowest BCUT2D eigenvalue weighted by Crippen LogP contribution is -2.43. The number of carboxylic acid groups (broad SMARTS) is 1. The number of benzene rings is 1. The van der Waals surface area contributed by atoms with E-state index >= 15 is 0 Å². The summed E-state index contributed by atoms with van der Waals surface area (Å²) in [4.78, 5) is 25.4. The van der Waals surface area contributed by atoms with E-state index in [4.69, 9.17) is 0 Å². The largest absolute Gasteiger partial charge is 0.481 e. The van der Waals surface area contributed by atoms with Crippen LogP contribution in [-0.4, -0.2) is 45.7 Å². The number of carbonyl (C=O) groups excluding carboxylic acids is 1. The molecule has 32 heavy (non-hydrogen) atoms. The third kappa shape index (κ3) is 7.12. The van der Waals surface area contributed by atoms with E-state index in [1.165, 1.54) is 30.3 Å². The van der Waals surface area contributed by atoms with Crippen LogP contribution in [0.1, 0.15) is 64.4 Å². The third-order valence-corrected chi connectivity index (χ3v) is 6.19. The number of nitrogens with zero attached hydrogens (tertiary/aromatic N) is 1. The van der Waals surface area contributed by atoms with Crippen LogP contribution in [0.3, 0.4) is 0 Å². The van der Waals surface area contributed by atoms with Crippen LogP contribution in [0.2, 0.25) is 0 Å². The molecule has 0 bridgehead atoms. The lowest BCUT2D eigenvalue weighted by molar-refractivity contribution is -0.143. The molecule has 1 aliphatic heterocycles. The summed E-state index contributed by atoms with van der Waals surface area (Å²) in [5.74, 6) is -4.50. The highest BCUT2D eigenvalue weighted by atomic mass is 19.3. The molecule has 1 unspecified atom stereocenters. The molecule has 1 aromatic carbocycles. The van der Waals surface area contributed by atoms with Crippen molar-refractivity contribution in [2.75, 3.05) is 6.54 Å². The summed E-state index contributed by atoms with van der Waals surface area (Å²) in [6, 6.07) is 6.88. The molecule has 1 amide bonds. The highest BCUT2D eigenvalue weighted by Gasteiger charge is 2.39. The number of hydrogen-bond acceptors (Lipinski definition) is 3. The smallest absolute Gasteiger partial charge is 0.306 e. The number of piperidine rings is 1. The summed E-state index contributed by atoms with van der Waals surface area (Å²) < 4.78 is 29.0. The van der Waals surface area contributed by atoms with E-state index < -0.39 is 18.0 Å². The predicted molar refractivity (Wildman–Crippen MR) is 119 cm³/mol. The van der Waals surface area contributed by atoms with E-state index in [9.17, 15) is 28.6 Å². The molecule has 5 nitrogen and oxygen atoms in total. The second-order valence-electron chi connectivity index (χ2n) is 8.90. The Hall–Kier alpha value is -2.28. The van der Waals surface area contributed by atoms with Crippen molar-refractivity contribution < 1.29 is 28.6 Å². The maximum Gasteiger partial charge on any atom is 0.306 e. The van der Waals surface area contributed by atoms with Gasteiger partial charge in [-0.2, -0.15) is 8.78 Å².